The van der Waals surface area contributed by atoms with Gasteiger partial charge in [0.15, 0.2) is 5.16 Å². The van der Waals surface area contributed by atoms with Crippen LogP contribution in [0.25, 0.3) is 0 Å². The van der Waals surface area contributed by atoms with E-state index in [-0.39, 0.29) is 18.0 Å². The van der Waals surface area contributed by atoms with E-state index in [9.17, 15) is 19.7 Å². The predicted octanol–water partition coefficient (Wildman–Crippen LogP) is 2.44. The van der Waals surface area contributed by atoms with Gasteiger partial charge in [0.1, 0.15) is 5.82 Å². The van der Waals surface area contributed by atoms with Crippen LogP contribution in [0, 0.1) is 10.1 Å². The number of hydrogen-bond acceptors (Lipinski definition) is 6. The molecular formula is C17H16N4O4S. The normalized spacial score (nSPS) is 15.9. The highest BCUT2D eigenvalue weighted by molar-refractivity contribution is 7.99. The number of anilines is 1. The number of amides is 1. The molecule has 1 aromatic carbocycles. The second-order valence-electron chi connectivity index (χ2n) is 5.77. The maximum atomic E-state index is 12.6. The topological polar surface area (TPSA) is 107 Å². The van der Waals surface area contributed by atoms with Crippen LogP contribution in [0.5, 0.6) is 0 Å². The van der Waals surface area contributed by atoms with Gasteiger partial charge in [-0.25, -0.2) is 0 Å². The molecule has 0 saturated heterocycles. The zero-order chi connectivity index (χ0) is 18.8. The van der Waals surface area contributed by atoms with Gasteiger partial charge >= 0.3 is 0 Å². The molecule has 1 aliphatic rings. The molecule has 26 heavy (non-hydrogen) atoms. The molecule has 1 aromatic heterocycles. The number of fused-ring (bicyclic) bond motifs is 1. The SMILES string of the molecule is C=CCSc1nc(=O)c2c(n1C)NC(=O)CC2c1ccc([N+](=O)[O-])cc1. The van der Waals surface area contributed by atoms with Crippen molar-refractivity contribution in [2.75, 3.05) is 11.1 Å². The Labute approximate surface area is 153 Å². The lowest BCUT2D eigenvalue weighted by Gasteiger charge is -2.27. The lowest BCUT2D eigenvalue weighted by atomic mass is 9.86. The first-order chi connectivity index (χ1) is 12.4. The minimum atomic E-state index is -0.496. The van der Waals surface area contributed by atoms with Gasteiger partial charge in [-0.1, -0.05) is 30.0 Å². The molecule has 1 amide bonds. The maximum Gasteiger partial charge on any atom is 0.279 e. The van der Waals surface area contributed by atoms with E-state index in [0.717, 1.165) is 0 Å². The Kier molecular flexibility index (Phi) is 4.90. The smallest absolute Gasteiger partial charge is 0.279 e. The molecule has 0 fully saturated rings. The van der Waals surface area contributed by atoms with Crippen LogP contribution >= 0.6 is 11.8 Å². The number of nitrogens with one attached hydrogen (secondary N) is 1. The van der Waals surface area contributed by atoms with E-state index >= 15 is 0 Å². The number of non-ortho nitro benzene ring substituents is 1. The van der Waals surface area contributed by atoms with Crippen LogP contribution < -0.4 is 10.9 Å². The van der Waals surface area contributed by atoms with Crippen LogP contribution in [0.2, 0.25) is 0 Å². The van der Waals surface area contributed by atoms with Crippen LogP contribution in [0.1, 0.15) is 23.5 Å². The Bertz CT molecular complexity index is 952. The monoisotopic (exact) mass is 372 g/mol. The van der Waals surface area contributed by atoms with Gasteiger partial charge in [0.25, 0.3) is 11.2 Å². The summed E-state index contributed by atoms with van der Waals surface area (Å²) in [6.45, 7) is 3.64. The molecule has 2 heterocycles. The van der Waals surface area contributed by atoms with Crippen LogP contribution in [0.3, 0.4) is 0 Å². The van der Waals surface area contributed by atoms with E-state index in [0.29, 0.717) is 27.9 Å². The van der Waals surface area contributed by atoms with Crippen molar-refractivity contribution >= 4 is 29.2 Å². The van der Waals surface area contributed by atoms with Gasteiger partial charge in [-0.05, 0) is 5.56 Å². The second-order valence-corrected chi connectivity index (χ2v) is 6.76. The molecule has 1 unspecified atom stereocenters. The lowest BCUT2D eigenvalue weighted by molar-refractivity contribution is -0.384. The Morgan fingerprint density at radius 3 is 2.73 bits per heavy atom. The van der Waals surface area contributed by atoms with E-state index in [2.05, 4.69) is 16.9 Å². The highest BCUT2D eigenvalue weighted by Crippen LogP contribution is 2.36. The maximum absolute atomic E-state index is 12.6. The number of thioether (sulfide) groups is 1. The standard InChI is InChI=1S/C17H16N4O4S/c1-3-8-26-17-19-16(23)14-12(9-13(22)18-15(14)20(17)2)10-4-6-11(7-5-10)21(24)25/h3-7,12H,1,8-9H2,2H3,(H,18,22). The van der Waals surface area contributed by atoms with Crippen LogP contribution in [0.15, 0.2) is 46.9 Å². The predicted molar refractivity (Wildman–Crippen MR) is 98.6 cm³/mol. The summed E-state index contributed by atoms with van der Waals surface area (Å²) >= 11 is 1.34. The number of rotatable bonds is 5. The van der Waals surface area contributed by atoms with Crippen molar-refractivity contribution in [1.82, 2.24) is 9.55 Å². The van der Waals surface area contributed by atoms with Gasteiger partial charge in [0, 0.05) is 37.3 Å². The van der Waals surface area contributed by atoms with E-state index in [1.54, 1.807) is 29.8 Å². The van der Waals surface area contributed by atoms with Crippen LogP contribution in [-0.2, 0) is 11.8 Å². The lowest BCUT2D eigenvalue weighted by Crippen LogP contribution is -2.33. The van der Waals surface area contributed by atoms with Crippen molar-refractivity contribution in [3.8, 4) is 0 Å². The number of hydrogen-bond donors (Lipinski definition) is 1. The fourth-order valence-electron chi connectivity index (χ4n) is 2.91. The first-order valence-corrected chi connectivity index (χ1v) is 8.79. The largest absolute Gasteiger partial charge is 0.312 e. The molecule has 134 valence electrons. The fourth-order valence-corrected chi connectivity index (χ4v) is 3.61. The van der Waals surface area contributed by atoms with Gasteiger partial charge in [0.2, 0.25) is 5.91 Å². The molecular weight excluding hydrogens is 356 g/mol. The van der Waals surface area contributed by atoms with E-state index in [1.165, 1.54) is 23.9 Å². The first-order valence-electron chi connectivity index (χ1n) is 7.81. The average molecular weight is 372 g/mol. The summed E-state index contributed by atoms with van der Waals surface area (Å²) in [5.41, 5.74) is 0.602. The van der Waals surface area contributed by atoms with Gasteiger partial charge in [-0.2, -0.15) is 4.98 Å². The van der Waals surface area contributed by atoms with Crippen molar-refractivity contribution < 1.29 is 9.72 Å². The number of nitro groups is 1. The molecule has 0 saturated carbocycles. The van der Waals surface area contributed by atoms with E-state index in [1.807, 2.05) is 0 Å². The minimum absolute atomic E-state index is 0.0450. The van der Waals surface area contributed by atoms with Gasteiger partial charge in [-0.15, -0.1) is 6.58 Å². The number of nitro benzene ring substituents is 1. The number of carbonyl (C=O) groups is 1. The van der Waals surface area contributed by atoms with Crippen molar-refractivity contribution in [1.29, 1.82) is 0 Å². The van der Waals surface area contributed by atoms with Crippen LogP contribution in [0.4, 0.5) is 11.5 Å². The summed E-state index contributed by atoms with van der Waals surface area (Å²) in [6.07, 6.45) is 1.79. The third-order valence-electron chi connectivity index (χ3n) is 4.14. The molecule has 1 aliphatic heterocycles. The minimum Gasteiger partial charge on any atom is -0.312 e. The van der Waals surface area contributed by atoms with E-state index in [4.69, 9.17) is 0 Å². The molecule has 0 spiro atoms. The Balaban J connectivity index is 2.10. The molecule has 9 heteroatoms. The molecule has 8 nitrogen and oxygen atoms in total. The molecule has 1 atom stereocenters. The number of aromatic nitrogens is 2. The third-order valence-corrected chi connectivity index (χ3v) is 5.16. The van der Waals surface area contributed by atoms with Crippen molar-refractivity contribution in [3.05, 3.63) is 68.5 Å². The van der Waals surface area contributed by atoms with Crippen molar-refractivity contribution in [3.63, 3.8) is 0 Å². The number of nitrogens with zero attached hydrogens (tertiary/aromatic N) is 3. The average Bonchev–Trinajstić information content (AvgIpc) is 2.62. The van der Waals surface area contributed by atoms with E-state index < -0.39 is 16.4 Å². The summed E-state index contributed by atoms with van der Waals surface area (Å²) in [4.78, 5) is 39.3. The van der Waals surface area contributed by atoms with Gasteiger partial charge in [0.05, 0.1) is 10.5 Å². The van der Waals surface area contributed by atoms with Gasteiger partial charge in [-0.3, -0.25) is 19.7 Å². The molecule has 3 rings (SSSR count). The van der Waals surface area contributed by atoms with Crippen molar-refractivity contribution in [2.24, 2.45) is 7.05 Å². The Hall–Kier alpha value is -2.94. The van der Waals surface area contributed by atoms with Crippen LogP contribution in [-0.4, -0.2) is 26.1 Å². The second kappa shape index (κ2) is 7.12. The van der Waals surface area contributed by atoms with Gasteiger partial charge < -0.3 is 9.88 Å². The number of benzene rings is 1. The molecule has 0 aliphatic carbocycles. The summed E-state index contributed by atoms with van der Waals surface area (Å²) in [5.74, 6) is 0.279. The molecule has 0 radical (unpaired) electrons. The zero-order valence-corrected chi connectivity index (χ0v) is 14.8. The summed E-state index contributed by atoms with van der Waals surface area (Å²) < 4.78 is 1.68. The summed E-state index contributed by atoms with van der Waals surface area (Å²) in [6, 6.07) is 5.89. The number of carbonyl (C=O) groups excluding carboxylic acids is 1. The Morgan fingerprint density at radius 2 is 2.12 bits per heavy atom. The molecule has 2 aromatic rings. The quantitative estimate of drug-likeness (QED) is 0.284. The summed E-state index contributed by atoms with van der Waals surface area (Å²) in [5, 5.41) is 14.1. The first kappa shape index (κ1) is 17.9. The fraction of sp³-hybridized carbons (Fsp3) is 0.235. The third kappa shape index (κ3) is 3.25. The molecule has 0 bridgehead atoms. The highest BCUT2D eigenvalue weighted by atomic mass is 32.2. The summed E-state index contributed by atoms with van der Waals surface area (Å²) in [7, 11) is 1.73. The highest BCUT2D eigenvalue weighted by Gasteiger charge is 2.32. The van der Waals surface area contributed by atoms with Crippen molar-refractivity contribution in [2.45, 2.75) is 17.5 Å². The zero-order valence-electron chi connectivity index (χ0n) is 14.0. The molecule has 1 N–H and O–H groups in total. The Morgan fingerprint density at radius 1 is 1.42 bits per heavy atom.